The van der Waals surface area contributed by atoms with Crippen molar-refractivity contribution in [1.82, 2.24) is 4.98 Å². The van der Waals surface area contributed by atoms with Crippen LogP contribution in [0.1, 0.15) is 6.42 Å². The van der Waals surface area contributed by atoms with Gasteiger partial charge in [-0.15, -0.1) is 0 Å². The van der Waals surface area contributed by atoms with Gasteiger partial charge in [-0.25, -0.2) is 8.78 Å². The van der Waals surface area contributed by atoms with E-state index >= 15 is 0 Å². The molecular weight excluding hydrogens is 212 g/mol. The van der Waals surface area contributed by atoms with Crippen molar-refractivity contribution in [1.29, 1.82) is 0 Å². The molecule has 1 heterocycles. The summed E-state index contributed by atoms with van der Waals surface area (Å²) in [7, 11) is 0. The molecule has 0 bridgehead atoms. The molecule has 0 saturated carbocycles. The highest BCUT2D eigenvalue weighted by molar-refractivity contribution is 6.33. The smallest absolute Gasteiger partial charge is 0.240 e. The fourth-order valence-corrected chi connectivity index (χ4v) is 1.18. The van der Waals surface area contributed by atoms with Gasteiger partial charge in [0.05, 0.1) is 22.6 Å². The Morgan fingerprint density at radius 1 is 1.50 bits per heavy atom. The second-order valence-electron chi connectivity index (χ2n) is 2.69. The Morgan fingerprint density at radius 3 is 2.79 bits per heavy atom. The topological polar surface area (TPSA) is 50.9 Å². The Hall–Kier alpha value is -1.10. The van der Waals surface area contributed by atoms with E-state index in [0.29, 0.717) is 16.4 Å². The number of anilines is 2. The SMILES string of the molecule is Nc1cncc(Cl)c1NCCC(F)F. The van der Waals surface area contributed by atoms with Gasteiger partial charge in [0, 0.05) is 19.2 Å². The summed E-state index contributed by atoms with van der Waals surface area (Å²) in [6.45, 7) is 0.131. The van der Waals surface area contributed by atoms with Crippen molar-refractivity contribution in [3.63, 3.8) is 0 Å². The Labute approximate surface area is 85.3 Å². The molecule has 0 atom stereocenters. The van der Waals surface area contributed by atoms with Gasteiger partial charge in [0.2, 0.25) is 6.43 Å². The van der Waals surface area contributed by atoms with Crippen molar-refractivity contribution >= 4 is 23.0 Å². The summed E-state index contributed by atoms with van der Waals surface area (Å²) in [5.41, 5.74) is 6.36. The van der Waals surface area contributed by atoms with Crippen molar-refractivity contribution in [3.8, 4) is 0 Å². The predicted octanol–water partition coefficient (Wildman–Crippen LogP) is 2.38. The molecule has 3 N–H and O–H groups in total. The third kappa shape index (κ3) is 2.99. The second kappa shape index (κ2) is 4.95. The van der Waals surface area contributed by atoms with Crippen LogP contribution in [0.3, 0.4) is 0 Å². The van der Waals surface area contributed by atoms with Gasteiger partial charge in [-0.2, -0.15) is 0 Å². The molecule has 14 heavy (non-hydrogen) atoms. The molecule has 0 aliphatic heterocycles. The molecule has 0 fully saturated rings. The lowest BCUT2D eigenvalue weighted by Crippen LogP contribution is -2.08. The first-order valence-electron chi connectivity index (χ1n) is 4.02. The highest BCUT2D eigenvalue weighted by atomic mass is 35.5. The lowest BCUT2D eigenvalue weighted by molar-refractivity contribution is 0.142. The Balaban J connectivity index is 2.58. The maximum Gasteiger partial charge on any atom is 0.240 e. The van der Waals surface area contributed by atoms with Crippen LogP contribution in [-0.4, -0.2) is 18.0 Å². The Kier molecular flexibility index (Phi) is 3.88. The second-order valence-corrected chi connectivity index (χ2v) is 3.10. The lowest BCUT2D eigenvalue weighted by Gasteiger charge is -2.09. The monoisotopic (exact) mass is 221 g/mol. The Bertz CT molecular complexity index is 286. The van der Waals surface area contributed by atoms with Gasteiger partial charge < -0.3 is 11.1 Å². The number of pyridine rings is 1. The molecule has 0 aliphatic rings. The van der Waals surface area contributed by atoms with Crippen LogP contribution < -0.4 is 11.1 Å². The van der Waals surface area contributed by atoms with E-state index in [2.05, 4.69) is 10.3 Å². The summed E-state index contributed by atoms with van der Waals surface area (Å²) in [5, 5.41) is 3.07. The molecule has 1 aromatic rings. The summed E-state index contributed by atoms with van der Waals surface area (Å²) in [6, 6.07) is 0. The number of alkyl halides is 2. The van der Waals surface area contributed by atoms with Gasteiger partial charge in [-0.1, -0.05) is 11.6 Å². The van der Waals surface area contributed by atoms with Gasteiger partial charge in [0.1, 0.15) is 0 Å². The standard InChI is InChI=1S/C8H10ClF2N3/c9-5-3-13-4-6(12)8(5)14-2-1-7(10)11/h3-4,7H,1-2,12H2,(H,13,14). The average molecular weight is 222 g/mol. The molecule has 0 unspecified atom stereocenters. The molecule has 1 aromatic heterocycles. The van der Waals surface area contributed by atoms with Crippen LogP contribution in [0.15, 0.2) is 12.4 Å². The van der Waals surface area contributed by atoms with Crippen molar-refractivity contribution < 1.29 is 8.78 Å². The van der Waals surface area contributed by atoms with Gasteiger partial charge in [0.15, 0.2) is 0 Å². The lowest BCUT2D eigenvalue weighted by atomic mass is 10.3. The average Bonchev–Trinajstić information content (AvgIpc) is 2.09. The quantitative estimate of drug-likeness (QED) is 0.821. The molecular formula is C8H10ClF2N3. The minimum absolute atomic E-state index is 0.131. The number of nitrogen functional groups attached to an aromatic ring is 1. The van der Waals surface area contributed by atoms with Crippen LogP contribution in [-0.2, 0) is 0 Å². The van der Waals surface area contributed by atoms with Gasteiger partial charge in [-0.3, -0.25) is 4.98 Å². The van der Waals surface area contributed by atoms with E-state index in [-0.39, 0.29) is 13.0 Å². The molecule has 0 amide bonds. The number of nitrogens with two attached hydrogens (primary N) is 1. The number of nitrogens with one attached hydrogen (secondary N) is 1. The third-order valence-electron chi connectivity index (χ3n) is 1.59. The normalized spacial score (nSPS) is 10.6. The zero-order valence-electron chi connectivity index (χ0n) is 7.30. The molecule has 6 heteroatoms. The molecule has 0 aromatic carbocycles. The van der Waals surface area contributed by atoms with E-state index in [1.807, 2.05) is 0 Å². The molecule has 1 rings (SSSR count). The van der Waals surface area contributed by atoms with Crippen molar-refractivity contribution in [2.45, 2.75) is 12.8 Å². The molecule has 0 spiro atoms. The number of hydrogen-bond acceptors (Lipinski definition) is 3. The predicted molar refractivity (Wildman–Crippen MR) is 52.8 cm³/mol. The van der Waals surface area contributed by atoms with Crippen LogP contribution in [0.4, 0.5) is 20.2 Å². The minimum atomic E-state index is -2.33. The van der Waals surface area contributed by atoms with Crippen LogP contribution >= 0.6 is 11.6 Å². The maximum atomic E-state index is 11.8. The number of hydrogen-bond donors (Lipinski definition) is 2. The van der Waals surface area contributed by atoms with E-state index in [4.69, 9.17) is 17.3 Å². The van der Waals surface area contributed by atoms with Crippen molar-refractivity contribution in [2.24, 2.45) is 0 Å². The van der Waals surface area contributed by atoms with Crippen LogP contribution in [0.25, 0.3) is 0 Å². The number of rotatable bonds is 4. The zero-order valence-corrected chi connectivity index (χ0v) is 8.06. The van der Waals surface area contributed by atoms with Crippen LogP contribution in [0.5, 0.6) is 0 Å². The third-order valence-corrected chi connectivity index (χ3v) is 1.88. The molecule has 0 saturated heterocycles. The highest BCUT2D eigenvalue weighted by Gasteiger charge is 2.06. The number of halogens is 3. The molecule has 78 valence electrons. The van der Waals surface area contributed by atoms with Crippen LogP contribution in [0.2, 0.25) is 5.02 Å². The van der Waals surface area contributed by atoms with E-state index in [1.165, 1.54) is 12.4 Å². The van der Waals surface area contributed by atoms with E-state index in [1.54, 1.807) is 0 Å². The van der Waals surface area contributed by atoms with Gasteiger partial charge >= 0.3 is 0 Å². The molecule has 3 nitrogen and oxygen atoms in total. The molecule has 0 aliphatic carbocycles. The fourth-order valence-electron chi connectivity index (χ4n) is 0.943. The zero-order chi connectivity index (χ0) is 10.6. The first-order valence-corrected chi connectivity index (χ1v) is 4.40. The Morgan fingerprint density at radius 2 is 2.21 bits per heavy atom. The van der Waals surface area contributed by atoms with Crippen molar-refractivity contribution in [3.05, 3.63) is 17.4 Å². The van der Waals surface area contributed by atoms with Crippen LogP contribution in [0, 0.1) is 0 Å². The van der Waals surface area contributed by atoms with Gasteiger partial charge in [0.25, 0.3) is 0 Å². The van der Waals surface area contributed by atoms with E-state index in [0.717, 1.165) is 0 Å². The first kappa shape index (κ1) is 11.0. The fraction of sp³-hybridized carbons (Fsp3) is 0.375. The summed E-state index contributed by atoms with van der Waals surface area (Å²) in [4.78, 5) is 3.74. The van der Waals surface area contributed by atoms with Gasteiger partial charge in [-0.05, 0) is 0 Å². The van der Waals surface area contributed by atoms with E-state index in [9.17, 15) is 8.78 Å². The van der Waals surface area contributed by atoms with E-state index < -0.39 is 6.43 Å². The summed E-state index contributed by atoms with van der Waals surface area (Å²) in [6.07, 6.45) is 0.251. The first-order chi connectivity index (χ1) is 6.61. The minimum Gasteiger partial charge on any atom is -0.396 e. The summed E-state index contributed by atoms with van der Waals surface area (Å²) >= 11 is 5.75. The highest BCUT2D eigenvalue weighted by Crippen LogP contribution is 2.26. The summed E-state index contributed by atoms with van der Waals surface area (Å²) in [5.74, 6) is 0. The number of aromatic nitrogens is 1. The maximum absolute atomic E-state index is 11.8. The van der Waals surface area contributed by atoms with Crippen molar-refractivity contribution in [2.75, 3.05) is 17.6 Å². The summed E-state index contributed by atoms with van der Waals surface area (Å²) < 4.78 is 23.6. The number of nitrogens with zero attached hydrogens (tertiary/aromatic N) is 1. The largest absolute Gasteiger partial charge is 0.396 e. The molecule has 0 radical (unpaired) electrons.